The first kappa shape index (κ1) is 28.0. The lowest BCUT2D eigenvalue weighted by atomic mass is 10.0. The maximum absolute atomic E-state index is 12.6. The van der Waals surface area contributed by atoms with Crippen LogP contribution in [0.2, 0.25) is 0 Å². The van der Waals surface area contributed by atoms with Crippen LogP contribution in [-0.4, -0.2) is 88.9 Å². The van der Waals surface area contributed by atoms with E-state index in [1.165, 1.54) is 0 Å². The van der Waals surface area contributed by atoms with Gasteiger partial charge in [0.25, 0.3) is 0 Å². The summed E-state index contributed by atoms with van der Waals surface area (Å²) >= 11 is 0. The van der Waals surface area contributed by atoms with Gasteiger partial charge in [0, 0.05) is 6.54 Å². The van der Waals surface area contributed by atoms with E-state index in [4.69, 9.17) is 27.4 Å². The van der Waals surface area contributed by atoms with Crippen LogP contribution < -0.4 is 33.2 Å². The molecule has 0 aliphatic heterocycles. The molecule has 0 rings (SSSR count). The second kappa shape index (κ2) is 14.1. The van der Waals surface area contributed by atoms with Gasteiger partial charge in [0.05, 0.1) is 19.3 Å². The smallest absolute Gasteiger partial charge is 0.328 e. The minimum absolute atomic E-state index is 0.0781. The quantitative estimate of drug-likeness (QED) is 0.0700. The Kier molecular flexibility index (Phi) is 12.8. The van der Waals surface area contributed by atoms with Gasteiger partial charge in [-0.3, -0.25) is 19.4 Å². The number of carboxylic acid groups (broad SMARTS) is 1. The third kappa shape index (κ3) is 10.6. The highest BCUT2D eigenvalue weighted by Gasteiger charge is 2.31. The van der Waals surface area contributed by atoms with Crippen molar-refractivity contribution < 1.29 is 34.5 Å². The Morgan fingerprint density at radius 1 is 0.903 bits per heavy atom. The molecular weight excluding hydrogens is 414 g/mol. The zero-order chi connectivity index (χ0) is 24.1. The van der Waals surface area contributed by atoms with Gasteiger partial charge in [0.1, 0.15) is 18.1 Å². The third-order valence-corrected chi connectivity index (χ3v) is 4.16. The van der Waals surface area contributed by atoms with E-state index in [9.17, 15) is 24.3 Å². The van der Waals surface area contributed by atoms with Crippen molar-refractivity contribution in [1.82, 2.24) is 16.0 Å². The second-order valence-electron chi connectivity index (χ2n) is 7.11. The standard InChI is InChI=1S/C17H33N7O7/c1-8(2)12(24-13(27)9(18)4-3-5-21-17(19)20)15(29)22-10(6-25)14(28)23-11(7-26)16(30)31/h8-12,25-26H,3-7,18H2,1-2H3,(H,22,29)(H,23,28)(H,24,27)(H,30,31)(H4,19,20,21). The number of hydrogen-bond acceptors (Lipinski definition) is 8. The van der Waals surface area contributed by atoms with Crippen molar-refractivity contribution in [3.05, 3.63) is 0 Å². The van der Waals surface area contributed by atoms with Crippen molar-refractivity contribution >= 4 is 29.7 Å². The molecule has 4 atom stereocenters. The van der Waals surface area contributed by atoms with E-state index < -0.39 is 67.0 Å². The Hall–Kier alpha value is -2.97. The van der Waals surface area contributed by atoms with Crippen LogP contribution in [0.25, 0.3) is 0 Å². The van der Waals surface area contributed by atoms with Crippen molar-refractivity contribution in [2.75, 3.05) is 19.8 Å². The van der Waals surface area contributed by atoms with Crippen LogP contribution in [0.3, 0.4) is 0 Å². The summed E-state index contributed by atoms with van der Waals surface area (Å²) in [5.74, 6) is -4.35. The minimum atomic E-state index is -1.60. The molecule has 31 heavy (non-hydrogen) atoms. The van der Waals surface area contributed by atoms with Crippen LogP contribution in [0.1, 0.15) is 26.7 Å². The minimum Gasteiger partial charge on any atom is -0.480 e. The van der Waals surface area contributed by atoms with Gasteiger partial charge in [-0.15, -0.1) is 0 Å². The van der Waals surface area contributed by atoms with E-state index in [-0.39, 0.29) is 18.9 Å². The number of carbonyl (C=O) groups is 4. The molecule has 0 radical (unpaired) electrons. The molecule has 0 aromatic rings. The number of nitrogens with one attached hydrogen (secondary N) is 3. The van der Waals surface area contributed by atoms with Crippen LogP contribution in [0, 0.1) is 5.92 Å². The summed E-state index contributed by atoms with van der Waals surface area (Å²) in [5, 5.41) is 34.0. The number of rotatable bonds is 14. The van der Waals surface area contributed by atoms with Crippen molar-refractivity contribution in [1.29, 1.82) is 0 Å². The maximum atomic E-state index is 12.6. The molecule has 12 N–H and O–H groups in total. The van der Waals surface area contributed by atoms with Gasteiger partial charge in [-0.2, -0.15) is 0 Å². The van der Waals surface area contributed by atoms with E-state index in [1.54, 1.807) is 13.8 Å². The molecule has 0 heterocycles. The molecule has 0 bridgehead atoms. The molecule has 178 valence electrons. The van der Waals surface area contributed by atoms with Gasteiger partial charge in [-0.05, 0) is 18.8 Å². The molecule has 0 aliphatic carbocycles. The first-order valence-electron chi connectivity index (χ1n) is 9.61. The van der Waals surface area contributed by atoms with Crippen molar-refractivity contribution in [2.24, 2.45) is 28.1 Å². The predicted molar refractivity (Wildman–Crippen MR) is 110 cm³/mol. The average molecular weight is 447 g/mol. The van der Waals surface area contributed by atoms with Gasteiger partial charge in [-0.25, -0.2) is 4.79 Å². The summed E-state index contributed by atoms with van der Waals surface area (Å²) in [4.78, 5) is 51.7. The molecule has 0 spiro atoms. The topological polar surface area (TPSA) is 255 Å². The fourth-order valence-corrected chi connectivity index (χ4v) is 2.36. The highest BCUT2D eigenvalue weighted by molar-refractivity contribution is 5.94. The van der Waals surface area contributed by atoms with Gasteiger partial charge in [0.15, 0.2) is 5.96 Å². The van der Waals surface area contributed by atoms with E-state index >= 15 is 0 Å². The zero-order valence-electron chi connectivity index (χ0n) is 17.6. The SMILES string of the molecule is CC(C)C(NC(=O)C(N)CCCN=C(N)N)C(=O)NC(CO)C(=O)NC(CO)C(=O)O. The molecule has 14 heteroatoms. The van der Waals surface area contributed by atoms with Crippen LogP contribution >= 0.6 is 0 Å². The molecule has 0 aliphatic rings. The summed E-state index contributed by atoms with van der Waals surface area (Å²) in [5.41, 5.74) is 16.2. The number of aliphatic imine (C=N–C) groups is 1. The Balaban J connectivity index is 4.97. The van der Waals surface area contributed by atoms with Gasteiger partial charge < -0.3 is 48.5 Å². The number of aliphatic carboxylic acids is 1. The molecule has 0 saturated carbocycles. The third-order valence-electron chi connectivity index (χ3n) is 4.16. The number of carbonyl (C=O) groups excluding carboxylic acids is 3. The van der Waals surface area contributed by atoms with Gasteiger partial charge in [0.2, 0.25) is 17.7 Å². The Labute approximate surface area is 179 Å². The summed E-state index contributed by atoms with van der Waals surface area (Å²) in [6.45, 7) is 1.87. The predicted octanol–water partition coefficient (Wildman–Crippen LogP) is -4.45. The number of aliphatic hydroxyl groups is 2. The van der Waals surface area contributed by atoms with E-state index in [0.29, 0.717) is 6.42 Å². The highest BCUT2D eigenvalue weighted by Crippen LogP contribution is 2.05. The van der Waals surface area contributed by atoms with Gasteiger partial charge in [-0.1, -0.05) is 13.8 Å². The van der Waals surface area contributed by atoms with Crippen molar-refractivity contribution in [3.63, 3.8) is 0 Å². The lowest BCUT2D eigenvalue weighted by molar-refractivity contribution is -0.143. The number of hydrogen-bond donors (Lipinski definition) is 9. The largest absolute Gasteiger partial charge is 0.480 e. The summed E-state index contributed by atoms with van der Waals surface area (Å²) in [6.07, 6.45) is 0.696. The number of amides is 3. The molecule has 4 unspecified atom stereocenters. The van der Waals surface area contributed by atoms with Gasteiger partial charge >= 0.3 is 5.97 Å². The molecular formula is C17H33N7O7. The number of carboxylic acids is 1. The molecule has 14 nitrogen and oxygen atoms in total. The number of nitrogens with two attached hydrogens (primary N) is 3. The molecule has 0 saturated heterocycles. The molecule has 3 amide bonds. The molecule has 0 aromatic carbocycles. The fourth-order valence-electron chi connectivity index (χ4n) is 2.36. The molecule has 0 aromatic heterocycles. The second-order valence-corrected chi connectivity index (χ2v) is 7.11. The summed E-state index contributed by atoms with van der Waals surface area (Å²) in [7, 11) is 0. The summed E-state index contributed by atoms with van der Waals surface area (Å²) < 4.78 is 0. The Bertz CT molecular complexity index is 653. The van der Waals surface area contributed by atoms with E-state index in [0.717, 1.165) is 0 Å². The molecule has 0 fully saturated rings. The van der Waals surface area contributed by atoms with Crippen LogP contribution in [-0.2, 0) is 19.2 Å². The van der Waals surface area contributed by atoms with Crippen molar-refractivity contribution in [2.45, 2.75) is 50.9 Å². The number of guanidine groups is 1. The maximum Gasteiger partial charge on any atom is 0.328 e. The Morgan fingerprint density at radius 2 is 1.45 bits per heavy atom. The van der Waals surface area contributed by atoms with E-state index in [2.05, 4.69) is 15.6 Å². The lowest BCUT2D eigenvalue weighted by Gasteiger charge is -2.26. The first-order valence-corrected chi connectivity index (χ1v) is 9.61. The first-order chi connectivity index (χ1) is 14.4. The summed E-state index contributed by atoms with van der Waals surface area (Å²) in [6, 6.07) is -5.10. The normalized spacial score (nSPS) is 14.6. The van der Waals surface area contributed by atoms with Crippen LogP contribution in [0.15, 0.2) is 4.99 Å². The fraction of sp³-hybridized carbons (Fsp3) is 0.706. The lowest BCUT2D eigenvalue weighted by Crippen LogP contribution is -2.59. The zero-order valence-corrected chi connectivity index (χ0v) is 17.6. The average Bonchev–Trinajstić information content (AvgIpc) is 2.69. The number of aliphatic hydroxyl groups excluding tert-OH is 2. The Morgan fingerprint density at radius 3 is 1.90 bits per heavy atom. The van der Waals surface area contributed by atoms with Crippen LogP contribution in [0.5, 0.6) is 0 Å². The highest BCUT2D eigenvalue weighted by atomic mass is 16.4. The van der Waals surface area contributed by atoms with Crippen LogP contribution in [0.4, 0.5) is 0 Å². The monoisotopic (exact) mass is 447 g/mol. The number of nitrogens with zero attached hydrogens (tertiary/aromatic N) is 1. The van der Waals surface area contributed by atoms with Crippen molar-refractivity contribution in [3.8, 4) is 0 Å². The van der Waals surface area contributed by atoms with E-state index in [1.807, 2.05) is 5.32 Å².